The van der Waals surface area contributed by atoms with Crippen molar-refractivity contribution in [2.45, 2.75) is 20.3 Å². The minimum atomic E-state index is -1.08. The number of hydrogen-bond acceptors (Lipinski definition) is 3. The summed E-state index contributed by atoms with van der Waals surface area (Å²) in [6, 6.07) is 8.68. The molecule has 1 aromatic heterocycles. The predicted octanol–water partition coefficient (Wildman–Crippen LogP) is 5.93. The van der Waals surface area contributed by atoms with Crippen LogP contribution in [-0.4, -0.2) is 22.7 Å². The highest BCUT2D eigenvalue weighted by Gasteiger charge is 2.14. The Hall–Kier alpha value is -2.37. The number of nitrogens with one attached hydrogen (secondary N) is 1. The van der Waals surface area contributed by atoms with E-state index in [2.05, 4.69) is 18.8 Å². The third kappa shape index (κ3) is 4.67. The molecule has 0 radical (unpaired) electrons. The Bertz CT molecular complexity index is 958. The number of halogens is 2. The van der Waals surface area contributed by atoms with Crippen LogP contribution in [0.25, 0.3) is 10.9 Å². The summed E-state index contributed by atoms with van der Waals surface area (Å²) >= 11 is 12.5. The number of benzene rings is 2. The first-order valence-electron chi connectivity index (χ1n) is 8.45. The van der Waals surface area contributed by atoms with Crippen LogP contribution in [0, 0.1) is 5.92 Å². The molecule has 0 amide bonds. The number of carbonyl (C=O) groups is 1. The van der Waals surface area contributed by atoms with Crippen molar-refractivity contribution in [1.82, 2.24) is 4.98 Å². The molecule has 0 aliphatic rings. The summed E-state index contributed by atoms with van der Waals surface area (Å²) in [6.07, 6.45) is 2.98. The van der Waals surface area contributed by atoms with Gasteiger partial charge >= 0.3 is 5.97 Å². The smallest absolute Gasteiger partial charge is 0.341 e. The topological polar surface area (TPSA) is 71.5 Å². The van der Waals surface area contributed by atoms with Crippen molar-refractivity contribution in [3.05, 3.63) is 52.1 Å². The number of carboxylic acids is 1. The second-order valence-electron chi connectivity index (χ2n) is 6.62. The third-order valence-corrected chi connectivity index (χ3v) is 4.48. The maximum Gasteiger partial charge on any atom is 0.341 e. The van der Waals surface area contributed by atoms with E-state index in [-0.39, 0.29) is 15.8 Å². The second kappa shape index (κ2) is 8.11. The van der Waals surface area contributed by atoms with E-state index >= 15 is 0 Å². The van der Waals surface area contributed by atoms with Gasteiger partial charge in [-0.2, -0.15) is 0 Å². The Morgan fingerprint density at radius 2 is 1.85 bits per heavy atom. The maximum absolute atomic E-state index is 10.6. The average molecular weight is 408 g/mol. The van der Waals surface area contributed by atoms with E-state index in [9.17, 15) is 4.79 Å². The summed E-state index contributed by atoms with van der Waals surface area (Å²) in [7, 11) is 0. The van der Waals surface area contributed by atoms with Gasteiger partial charge in [0, 0.05) is 29.2 Å². The molecule has 0 fully saturated rings. The molecule has 0 aliphatic heterocycles. The van der Waals surface area contributed by atoms with Crippen LogP contribution in [0.1, 0.15) is 19.4 Å². The number of aromatic amines is 1. The molecule has 142 valence electrons. The lowest BCUT2D eigenvalue weighted by molar-refractivity contribution is -0.139. The monoisotopic (exact) mass is 407 g/mol. The van der Waals surface area contributed by atoms with E-state index in [0.717, 1.165) is 17.3 Å². The molecule has 0 saturated carbocycles. The van der Waals surface area contributed by atoms with Gasteiger partial charge in [-0.3, -0.25) is 0 Å². The van der Waals surface area contributed by atoms with Gasteiger partial charge in [0.15, 0.2) is 12.4 Å². The van der Waals surface area contributed by atoms with Gasteiger partial charge < -0.3 is 19.6 Å². The van der Waals surface area contributed by atoms with E-state index in [4.69, 9.17) is 37.8 Å². The van der Waals surface area contributed by atoms with Crippen LogP contribution < -0.4 is 9.47 Å². The van der Waals surface area contributed by atoms with Gasteiger partial charge in [-0.25, -0.2) is 4.79 Å². The van der Waals surface area contributed by atoms with Gasteiger partial charge in [-0.05, 0) is 36.1 Å². The lowest BCUT2D eigenvalue weighted by Crippen LogP contribution is -2.09. The number of fused-ring (bicyclic) bond motifs is 1. The van der Waals surface area contributed by atoms with Crippen molar-refractivity contribution < 1.29 is 19.4 Å². The zero-order valence-corrected chi connectivity index (χ0v) is 16.4. The van der Waals surface area contributed by atoms with Gasteiger partial charge in [0.1, 0.15) is 11.5 Å². The van der Waals surface area contributed by atoms with E-state index in [0.29, 0.717) is 17.4 Å². The molecular formula is C20H19Cl2NO4. The van der Waals surface area contributed by atoms with Crippen molar-refractivity contribution in [1.29, 1.82) is 0 Å². The molecule has 7 heteroatoms. The van der Waals surface area contributed by atoms with Crippen LogP contribution in [0.2, 0.25) is 10.0 Å². The number of aromatic nitrogens is 1. The highest BCUT2D eigenvalue weighted by Crippen LogP contribution is 2.40. The molecule has 1 heterocycles. The van der Waals surface area contributed by atoms with E-state index in [1.165, 1.54) is 17.7 Å². The lowest BCUT2D eigenvalue weighted by Gasteiger charge is -2.12. The van der Waals surface area contributed by atoms with Gasteiger partial charge in [-0.1, -0.05) is 37.0 Å². The Labute approximate surface area is 166 Å². The quantitative estimate of drug-likeness (QED) is 0.508. The molecule has 3 rings (SSSR count). The van der Waals surface area contributed by atoms with E-state index < -0.39 is 12.6 Å². The standard InChI is InChI=1S/C20H19Cl2NO4/c1-11(2)5-12-9-23-18-4-3-13(6-15(12)18)27-20-16(21)7-14(8-17(20)22)26-10-19(24)25/h3-4,6-9,11,23H,5,10H2,1-2H3,(H,24,25). The highest BCUT2D eigenvalue weighted by molar-refractivity contribution is 6.37. The summed E-state index contributed by atoms with van der Waals surface area (Å²) in [4.78, 5) is 13.9. The zero-order chi connectivity index (χ0) is 19.6. The van der Waals surface area contributed by atoms with Crippen molar-refractivity contribution in [2.75, 3.05) is 6.61 Å². The zero-order valence-electron chi connectivity index (χ0n) is 14.9. The first kappa shape index (κ1) is 19.4. The predicted molar refractivity (Wildman–Crippen MR) is 107 cm³/mol. The Balaban J connectivity index is 1.87. The van der Waals surface area contributed by atoms with Crippen LogP contribution in [-0.2, 0) is 11.2 Å². The fraction of sp³-hybridized carbons (Fsp3) is 0.250. The van der Waals surface area contributed by atoms with Crippen molar-refractivity contribution in [2.24, 2.45) is 5.92 Å². The van der Waals surface area contributed by atoms with Crippen LogP contribution in [0.3, 0.4) is 0 Å². The summed E-state index contributed by atoms with van der Waals surface area (Å²) in [6.45, 7) is 3.87. The molecule has 0 unspecified atom stereocenters. The molecule has 2 aromatic carbocycles. The number of carboxylic acid groups (broad SMARTS) is 1. The molecule has 3 aromatic rings. The van der Waals surface area contributed by atoms with E-state index in [1.807, 2.05) is 24.4 Å². The first-order valence-corrected chi connectivity index (χ1v) is 9.20. The number of H-pyrrole nitrogens is 1. The van der Waals surface area contributed by atoms with Crippen LogP contribution in [0.4, 0.5) is 0 Å². The molecule has 0 saturated heterocycles. The van der Waals surface area contributed by atoms with Crippen molar-refractivity contribution in [3.63, 3.8) is 0 Å². The Morgan fingerprint density at radius 1 is 1.15 bits per heavy atom. The summed E-state index contributed by atoms with van der Waals surface area (Å²) in [5.41, 5.74) is 2.26. The van der Waals surface area contributed by atoms with Crippen LogP contribution in [0.5, 0.6) is 17.2 Å². The van der Waals surface area contributed by atoms with Gasteiger partial charge in [0.2, 0.25) is 0 Å². The molecule has 0 bridgehead atoms. The molecule has 27 heavy (non-hydrogen) atoms. The molecule has 0 aliphatic carbocycles. The Kier molecular flexibility index (Phi) is 5.82. The minimum Gasteiger partial charge on any atom is -0.482 e. The minimum absolute atomic E-state index is 0.236. The third-order valence-electron chi connectivity index (χ3n) is 3.92. The molecular weight excluding hydrogens is 389 g/mol. The molecule has 5 nitrogen and oxygen atoms in total. The fourth-order valence-corrected chi connectivity index (χ4v) is 3.35. The maximum atomic E-state index is 10.6. The number of hydrogen-bond donors (Lipinski definition) is 2. The van der Waals surface area contributed by atoms with Gasteiger partial charge in [-0.15, -0.1) is 0 Å². The van der Waals surface area contributed by atoms with Crippen LogP contribution >= 0.6 is 23.2 Å². The largest absolute Gasteiger partial charge is 0.482 e. The highest BCUT2D eigenvalue weighted by atomic mass is 35.5. The number of rotatable bonds is 7. The van der Waals surface area contributed by atoms with Crippen molar-refractivity contribution in [3.8, 4) is 17.2 Å². The lowest BCUT2D eigenvalue weighted by atomic mass is 10.0. The molecule has 0 atom stereocenters. The van der Waals surface area contributed by atoms with Gasteiger partial charge in [0.05, 0.1) is 10.0 Å². The summed E-state index contributed by atoms with van der Waals surface area (Å²) in [5, 5.41) is 10.3. The summed E-state index contributed by atoms with van der Waals surface area (Å²) in [5.74, 6) is 0.617. The fourth-order valence-electron chi connectivity index (χ4n) is 2.81. The van der Waals surface area contributed by atoms with Gasteiger partial charge in [0.25, 0.3) is 0 Å². The molecule has 2 N–H and O–H groups in total. The number of aliphatic carboxylic acids is 1. The number of ether oxygens (including phenoxy) is 2. The Morgan fingerprint density at radius 3 is 2.48 bits per heavy atom. The SMILES string of the molecule is CC(C)Cc1c[nH]c2ccc(Oc3c(Cl)cc(OCC(=O)O)cc3Cl)cc12. The first-order chi connectivity index (χ1) is 12.8. The van der Waals surface area contributed by atoms with Crippen molar-refractivity contribution >= 4 is 40.1 Å². The second-order valence-corrected chi connectivity index (χ2v) is 7.43. The van der Waals surface area contributed by atoms with Crippen LogP contribution in [0.15, 0.2) is 36.5 Å². The summed E-state index contributed by atoms with van der Waals surface area (Å²) < 4.78 is 11.0. The normalized spacial score (nSPS) is 11.1. The molecule has 0 spiro atoms. The average Bonchev–Trinajstić information content (AvgIpc) is 2.98. The van der Waals surface area contributed by atoms with E-state index in [1.54, 1.807) is 0 Å².